The number of hydrogen-bond acceptors (Lipinski definition) is 0. The number of allylic oxidation sites excluding steroid dienone is 2. The molecule has 2 aliphatic rings. The molecule has 2 unspecified atom stereocenters. The van der Waals surface area contributed by atoms with Gasteiger partial charge in [0.2, 0.25) is 0 Å². The van der Waals surface area contributed by atoms with Crippen molar-refractivity contribution in [2.45, 2.75) is 24.7 Å². The van der Waals surface area contributed by atoms with E-state index in [0.29, 0.717) is 5.92 Å². The van der Waals surface area contributed by atoms with Crippen molar-refractivity contribution >= 4 is 6.08 Å². The zero-order chi connectivity index (χ0) is 18.3. The van der Waals surface area contributed by atoms with Gasteiger partial charge in [-0.1, -0.05) is 97.6 Å². The van der Waals surface area contributed by atoms with Crippen LogP contribution in [0.1, 0.15) is 41.5 Å². The third kappa shape index (κ3) is 2.23. The number of hydrogen-bond donors (Lipinski definition) is 0. The average Bonchev–Trinajstić information content (AvgIpc) is 3.07. The van der Waals surface area contributed by atoms with Gasteiger partial charge in [-0.15, -0.1) is 0 Å². The maximum absolute atomic E-state index is 4.16. The molecule has 2 aliphatic carbocycles. The van der Waals surface area contributed by atoms with E-state index in [-0.39, 0.29) is 5.41 Å². The largest absolute Gasteiger partial charge is 0.0985 e. The Hall–Kier alpha value is -2.86. The van der Waals surface area contributed by atoms with E-state index in [9.17, 15) is 0 Å². The first-order chi connectivity index (χ1) is 13.4. The van der Waals surface area contributed by atoms with E-state index in [4.69, 9.17) is 0 Å². The predicted molar refractivity (Wildman–Crippen MR) is 115 cm³/mol. The monoisotopic (exact) mass is 348 g/mol. The summed E-state index contributed by atoms with van der Waals surface area (Å²) in [5.41, 5.74) is 8.24. The van der Waals surface area contributed by atoms with Crippen LogP contribution >= 0.6 is 0 Å². The van der Waals surface area contributed by atoms with Gasteiger partial charge in [0.15, 0.2) is 0 Å². The van der Waals surface area contributed by atoms with Crippen LogP contribution in [0, 0.1) is 5.92 Å². The minimum Gasteiger partial charge on any atom is -0.0985 e. The van der Waals surface area contributed by atoms with Crippen LogP contribution in [0.15, 0.2) is 91.5 Å². The second-order valence-electron chi connectivity index (χ2n) is 7.67. The molecule has 0 aromatic heterocycles. The van der Waals surface area contributed by atoms with Gasteiger partial charge in [0.25, 0.3) is 0 Å². The quantitative estimate of drug-likeness (QED) is 0.447. The third-order valence-electron chi connectivity index (χ3n) is 6.46. The van der Waals surface area contributed by atoms with Crippen LogP contribution in [0.2, 0.25) is 0 Å². The Morgan fingerprint density at radius 3 is 2.37 bits per heavy atom. The summed E-state index contributed by atoms with van der Waals surface area (Å²) in [6.45, 7) is 4.16. The Morgan fingerprint density at radius 2 is 1.59 bits per heavy atom. The summed E-state index contributed by atoms with van der Waals surface area (Å²) in [6.07, 6.45) is 10.3. The van der Waals surface area contributed by atoms with Crippen LogP contribution in [0.3, 0.4) is 0 Å². The van der Waals surface area contributed by atoms with Crippen LogP contribution in [-0.4, -0.2) is 0 Å². The molecule has 5 rings (SSSR count). The first-order valence-electron chi connectivity index (χ1n) is 9.93. The Morgan fingerprint density at radius 1 is 0.815 bits per heavy atom. The van der Waals surface area contributed by atoms with Gasteiger partial charge in [-0.2, -0.15) is 0 Å². The van der Waals surface area contributed by atoms with Gasteiger partial charge in [0, 0.05) is 0 Å². The molecular weight excluding hydrogens is 324 g/mol. The molecule has 0 N–H and O–H groups in total. The summed E-state index contributed by atoms with van der Waals surface area (Å²) in [4.78, 5) is 0. The summed E-state index contributed by atoms with van der Waals surface area (Å²) < 4.78 is 0. The zero-order valence-corrected chi connectivity index (χ0v) is 15.6. The van der Waals surface area contributed by atoms with Crippen molar-refractivity contribution in [1.82, 2.24) is 0 Å². The van der Waals surface area contributed by atoms with Crippen molar-refractivity contribution in [3.63, 3.8) is 0 Å². The molecule has 0 nitrogen and oxygen atoms in total. The third-order valence-corrected chi connectivity index (χ3v) is 6.46. The minimum atomic E-state index is -0.108. The number of fused-ring (bicyclic) bond motifs is 3. The van der Waals surface area contributed by atoms with Crippen molar-refractivity contribution in [3.8, 4) is 11.1 Å². The highest BCUT2D eigenvalue weighted by atomic mass is 14.5. The van der Waals surface area contributed by atoms with E-state index < -0.39 is 0 Å². The van der Waals surface area contributed by atoms with Crippen LogP contribution < -0.4 is 0 Å². The Bertz CT molecular complexity index is 1020. The highest BCUT2D eigenvalue weighted by Crippen LogP contribution is 2.59. The first-order valence-corrected chi connectivity index (χ1v) is 9.93. The van der Waals surface area contributed by atoms with Gasteiger partial charge in [-0.25, -0.2) is 0 Å². The predicted octanol–water partition coefficient (Wildman–Crippen LogP) is 7.00. The van der Waals surface area contributed by atoms with E-state index >= 15 is 0 Å². The first kappa shape index (κ1) is 16.3. The summed E-state index contributed by atoms with van der Waals surface area (Å²) in [5, 5.41) is 0. The molecule has 0 saturated carbocycles. The number of benzene rings is 3. The highest BCUT2D eigenvalue weighted by Gasteiger charge is 2.50. The van der Waals surface area contributed by atoms with Crippen molar-refractivity contribution in [2.75, 3.05) is 0 Å². The van der Waals surface area contributed by atoms with E-state index in [2.05, 4.69) is 91.5 Å². The zero-order valence-electron chi connectivity index (χ0n) is 15.6. The molecule has 3 aromatic carbocycles. The molecule has 0 aliphatic heterocycles. The van der Waals surface area contributed by atoms with E-state index in [1.807, 2.05) is 6.08 Å². The van der Waals surface area contributed by atoms with Crippen molar-refractivity contribution in [3.05, 3.63) is 114 Å². The summed E-state index contributed by atoms with van der Waals surface area (Å²) in [7, 11) is 0. The Kier molecular flexibility index (Phi) is 3.86. The second kappa shape index (κ2) is 6.39. The Labute approximate surface area is 161 Å². The van der Waals surface area contributed by atoms with Crippen molar-refractivity contribution < 1.29 is 0 Å². The normalized spacial score (nSPS) is 22.9. The van der Waals surface area contributed by atoms with E-state index in [0.717, 1.165) is 12.8 Å². The van der Waals surface area contributed by atoms with Crippen LogP contribution in [-0.2, 0) is 5.41 Å². The van der Waals surface area contributed by atoms with Gasteiger partial charge in [0.1, 0.15) is 0 Å². The van der Waals surface area contributed by atoms with Crippen LogP contribution in [0.5, 0.6) is 0 Å². The molecule has 0 amide bonds. The van der Waals surface area contributed by atoms with Crippen molar-refractivity contribution in [2.24, 2.45) is 5.92 Å². The summed E-state index contributed by atoms with van der Waals surface area (Å²) in [6, 6.07) is 26.9. The minimum absolute atomic E-state index is 0.108. The molecule has 0 fully saturated rings. The molecule has 3 aromatic rings. The van der Waals surface area contributed by atoms with Crippen molar-refractivity contribution in [1.29, 1.82) is 0 Å². The fraction of sp³-hybridized carbons (Fsp3) is 0.185. The molecule has 0 saturated heterocycles. The molecule has 0 heterocycles. The lowest BCUT2D eigenvalue weighted by Crippen LogP contribution is -2.37. The lowest BCUT2D eigenvalue weighted by molar-refractivity contribution is 0.349. The number of rotatable bonds is 3. The lowest BCUT2D eigenvalue weighted by Gasteiger charge is -2.42. The topological polar surface area (TPSA) is 0 Å². The average molecular weight is 348 g/mol. The fourth-order valence-electron chi connectivity index (χ4n) is 5.45. The molecule has 27 heavy (non-hydrogen) atoms. The molecule has 0 spiro atoms. The highest BCUT2D eigenvalue weighted by molar-refractivity contribution is 5.87. The van der Waals surface area contributed by atoms with Gasteiger partial charge >= 0.3 is 0 Å². The molecule has 2 atom stereocenters. The standard InChI is InChI=1S/C27H24/c1-2-20-12-11-18-24-23-17-9-10-19-25(23)27(26(20)24,21-13-5-3-6-14-21)22-15-7-4-8-16-22/h2-7,9-14,17-19,22H,1,8,15-16H2. The van der Waals surface area contributed by atoms with Gasteiger partial charge in [0.05, 0.1) is 5.41 Å². The summed E-state index contributed by atoms with van der Waals surface area (Å²) in [5.74, 6) is 0.549. The van der Waals surface area contributed by atoms with E-state index in [1.165, 1.54) is 39.8 Å². The van der Waals surface area contributed by atoms with E-state index in [1.54, 1.807) is 0 Å². The molecule has 0 heteroatoms. The molecular formula is C27H24. The maximum Gasteiger partial charge on any atom is 0.0500 e. The maximum atomic E-state index is 4.16. The molecule has 0 radical (unpaired) electrons. The smallest absolute Gasteiger partial charge is 0.0500 e. The Balaban J connectivity index is 1.93. The lowest BCUT2D eigenvalue weighted by atomic mass is 9.60. The van der Waals surface area contributed by atoms with Crippen LogP contribution in [0.25, 0.3) is 17.2 Å². The summed E-state index contributed by atoms with van der Waals surface area (Å²) >= 11 is 0. The van der Waals surface area contributed by atoms with Crippen LogP contribution in [0.4, 0.5) is 0 Å². The van der Waals surface area contributed by atoms with Gasteiger partial charge in [-0.3, -0.25) is 0 Å². The SMILES string of the molecule is C=Cc1cccc2c1C(c1ccccc1)(C1CC=CCC1)c1ccccc1-2. The second-order valence-corrected chi connectivity index (χ2v) is 7.67. The fourth-order valence-corrected chi connectivity index (χ4v) is 5.45. The molecule has 132 valence electrons. The van der Waals surface area contributed by atoms with Gasteiger partial charge in [-0.05, 0) is 58.6 Å². The van der Waals surface area contributed by atoms with Gasteiger partial charge < -0.3 is 0 Å². The molecule has 0 bridgehead atoms.